The number of carbonyl (C=O) groups is 1. The standard InChI is InChI=1S/C12H14N2O3/c1-8(11(15)16)7-14(2)12-13-9-5-3-4-6-10(9)17-12/h3-6,8H,7H2,1-2H3,(H,15,16). The summed E-state index contributed by atoms with van der Waals surface area (Å²) in [6.45, 7) is 2.02. The van der Waals surface area contributed by atoms with Gasteiger partial charge in [-0.15, -0.1) is 0 Å². The van der Waals surface area contributed by atoms with Crippen molar-refractivity contribution in [3.63, 3.8) is 0 Å². The number of oxazole rings is 1. The minimum atomic E-state index is -0.826. The summed E-state index contributed by atoms with van der Waals surface area (Å²) in [4.78, 5) is 16.8. The number of hydrogen-bond donors (Lipinski definition) is 1. The number of para-hydroxylation sites is 2. The lowest BCUT2D eigenvalue weighted by molar-refractivity contribution is -0.140. The van der Waals surface area contributed by atoms with Crippen molar-refractivity contribution in [3.8, 4) is 0 Å². The summed E-state index contributed by atoms with van der Waals surface area (Å²) >= 11 is 0. The predicted molar refractivity (Wildman–Crippen MR) is 64.1 cm³/mol. The van der Waals surface area contributed by atoms with Crippen LogP contribution in [0, 0.1) is 5.92 Å². The minimum Gasteiger partial charge on any atom is -0.481 e. The second-order valence-corrected chi connectivity index (χ2v) is 4.08. The molecule has 0 fully saturated rings. The highest BCUT2D eigenvalue weighted by molar-refractivity contribution is 5.74. The van der Waals surface area contributed by atoms with Gasteiger partial charge < -0.3 is 14.4 Å². The largest absolute Gasteiger partial charge is 0.481 e. The van der Waals surface area contributed by atoms with Gasteiger partial charge in [0.1, 0.15) is 5.52 Å². The van der Waals surface area contributed by atoms with Gasteiger partial charge in [-0.3, -0.25) is 4.79 Å². The maximum absolute atomic E-state index is 10.8. The van der Waals surface area contributed by atoms with Crippen LogP contribution in [0.2, 0.25) is 0 Å². The first-order valence-electron chi connectivity index (χ1n) is 5.37. The fourth-order valence-corrected chi connectivity index (χ4v) is 1.59. The first kappa shape index (κ1) is 11.4. The molecule has 5 heteroatoms. The zero-order chi connectivity index (χ0) is 12.4. The van der Waals surface area contributed by atoms with E-state index < -0.39 is 11.9 Å². The van der Waals surface area contributed by atoms with Crippen molar-refractivity contribution < 1.29 is 14.3 Å². The Morgan fingerprint density at radius 3 is 2.88 bits per heavy atom. The summed E-state index contributed by atoms with van der Waals surface area (Å²) in [5, 5.41) is 8.84. The molecule has 0 bridgehead atoms. The van der Waals surface area contributed by atoms with Gasteiger partial charge in [-0.1, -0.05) is 19.1 Å². The van der Waals surface area contributed by atoms with Crippen molar-refractivity contribution in [3.05, 3.63) is 24.3 Å². The molecule has 1 heterocycles. The molecule has 0 saturated heterocycles. The Labute approximate surface area is 98.7 Å². The zero-order valence-corrected chi connectivity index (χ0v) is 9.75. The Hall–Kier alpha value is -2.04. The highest BCUT2D eigenvalue weighted by atomic mass is 16.4. The van der Waals surface area contributed by atoms with Crippen molar-refractivity contribution in [2.24, 2.45) is 5.92 Å². The van der Waals surface area contributed by atoms with E-state index in [2.05, 4.69) is 4.98 Å². The summed E-state index contributed by atoms with van der Waals surface area (Å²) in [7, 11) is 1.77. The lowest BCUT2D eigenvalue weighted by Crippen LogP contribution is -2.28. The van der Waals surface area contributed by atoms with Crippen LogP contribution in [0.4, 0.5) is 6.01 Å². The van der Waals surface area contributed by atoms with Gasteiger partial charge in [0, 0.05) is 13.6 Å². The molecule has 1 aromatic carbocycles. The van der Waals surface area contributed by atoms with E-state index in [9.17, 15) is 4.79 Å². The maximum Gasteiger partial charge on any atom is 0.308 e. The van der Waals surface area contributed by atoms with Gasteiger partial charge in [0.25, 0.3) is 6.01 Å². The van der Waals surface area contributed by atoms with E-state index in [4.69, 9.17) is 9.52 Å². The number of carboxylic acid groups (broad SMARTS) is 1. The number of hydrogen-bond acceptors (Lipinski definition) is 4. The van der Waals surface area contributed by atoms with E-state index in [-0.39, 0.29) is 0 Å². The molecule has 2 rings (SSSR count). The van der Waals surface area contributed by atoms with Crippen LogP contribution in [-0.4, -0.2) is 29.7 Å². The molecule has 0 aliphatic carbocycles. The lowest BCUT2D eigenvalue weighted by atomic mass is 10.2. The number of rotatable bonds is 4. The highest BCUT2D eigenvalue weighted by Gasteiger charge is 2.17. The Morgan fingerprint density at radius 2 is 2.24 bits per heavy atom. The fourth-order valence-electron chi connectivity index (χ4n) is 1.59. The number of anilines is 1. The van der Waals surface area contributed by atoms with Crippen molar-refractivity contribution >= 4 is 23.1 Å². The van der Waals surface area contributed by atoms with Crippen LogP contribution in [0.25, 0.3) is 11.1 Å². The molecule has 1 N–H and O–H groups in total. The van der Waals surface area contributed by atoms with E-state index in [0.29, 0.717) is 18.1 Å². The van der Waals surface area contributed by atoms with Gasteiger partial charge in [-0.2, -0.15) is 4.98 Å². The summed E-state index contributed by atoms with van der Waals surface area (Å²) in [6, 6.07) is 7.89. The molecule has 0 aliphatic rings. The van der Waals surface area contributed by atoms with Crippen molar-refractivity contribution in [2.45, 2.75) is 6.92 Å². The second kappa shape index (κ2) is 4.45. The molecular formula is C12H14N2O3. The van der Waals surface area contributed by atoms with E-state index in [0.717, 1.165) is 5.52 Å². The number of aromatic nitrogens is 1. The quantitative estimate of drug-likeness (QED) is 0.876. The molecule has 90 valence electrons. The summed E-state index contributed by atoms with van der Waals surface area (Å²) in [5.74, 6) is -1.29. The average molecular weight is 234 g/mol. The molecule has 1 aromatic heterocycles. The molecule has 0 saturated carbocycles. The zero-order valence-electron chi connectivity index (χ0n) is 9.75. The van der Waals surface area contributed by atoms with Crippen LogP contribution in [0.15, 0.2) is 28.7 Å². The van der Waals surface area contributed by atoms with E-state index in [1.165, 1.54) is 0 Å². The number of fused-ring (bicyclic) bond motifs is 1. The molecule has 0 spiro atoms. The van der Waals surface area contributed by atoms with Crippen LogP contribution < -0.4 is 4.90 Å². The number of benzene rings is 1. The number of carboxylic acids is 1. The van der Waals surface area contributed by atoms with Gasteiger partial charge in [0.2, 0.25) is 0 Å². The minimum absolute atomic E-state index is 0.363. The Balaban J connectivity index is 2.19. The van der Waals surface area contributed by atoms with E-state index >= 15 is 0 Å². The maximum atomic E-state index is 10.8. The predicted octanol–water partition coefficient (Wildman–Crippen LogP) is 1.98. The summed E-state index contributed by atoms with van der Waals surface area (Å²) in [5.41, 5.74) is 1.48. The van der Waals surface area contributed by atoms with Crippen molar-refractivity contribution in [1.29, 1.82) is 0 Å². The van der Waals surface area contributed by atoms with Crippen LogP contribution in [0.5, 0.6) is 0 Å². The molecule has 2 aromatic rings. The molecule has 1 unspecified atom stereocenters. The SMILES string of the molecule is CC(CN(C)c1nc2ccccc2o1)C(=O)O. The molecular weight excluding hydrogens is 220 g/mol. The second-order valence-electron chi connectivity index (χ2n) is 4.08. The Kier molecular flexibility index (Phi) is 2.99. The molecule has 17 heavy (non-hydrogen) atoms. The smallest absolute Gasteiger partial charge is 0.308 e. The number of aliphatic carboxylic acids is 1. The van der Waals surface area contributed by atoms with Crippen molar-refractivity contribution in [2.75, 3.05) is 18.5 Å². The van der Waals surface area contributed by atoms with Gasteiger partial charge in [-0.05, 0) is 12.1 Å². The van der Waals surface area contributed by atoms with Crippen LogP contribution >= 0.6 is 0 Å². The van der Waals surface area contributed by atoms with Gasteiger partial charge in [-0.25, -0.2) is 0 Å². The highest BCUT2D eigenvalue weighted by Crippen LogP contribution is 2.21. The summed E-state index contributed by atoms with van der Waals surface area (Å²) in [6.07, 6.45) is 0. The third-order valence-corrected chi connectivity index (χ3v) is 2.58. The molecule has 0 aliphatic heterocycles. The molecule has 0 radical (unpaired) electrons. The molecule has 0 amide bonds. The van der Waals surface area contributed by atoms with Crippen LogP contribution in [-0.2, 0) is 4.79 Å². The molecule has 5 nitrogen and oxygen atoms in total. The topological polar surface area (TPSA) is 66.6 Å². The molecule has 1 atom stereocenters. The summed E-state index contributed by atoms with van der Waals surface area (Å²) < 4.78 is 5.53. The third kappa shape index (κ3) is 2.38. The first-order valence-corrected chi connectivity index (χ1v) is 5.37. The Morgan fingerprint density at radius 1 is 1.53 bits per heavy atom. The normalized spacial score (nSPS) is 12.6. The van der Waals surface area contributed by atoms with E-state index in [1.807, 2.05) is 24.3 Å². The number of nitrogens with zero attached hydrogens (tertiary/aromatic N) is 2. The monoisotopic (exact) mass is 234 g/mol. The van der Waals surface area contributed by atoms with Gasteiger partial charge in [0.05, 0.1) is 5.92 Å². The van der Waals surface area contributed by atoms with Crippen LogP contribution in [0.3, 0.4) is 0 Å². The first-order chi connectivity index (χ1) is 8.08. The van der Waals surface area contributed by atoms with E-state index in [1.54, 1.807) is 18.9 Å². The lowest BCUT2D eigenvalue weighted by Gasteiger charge is -2.16. The average Bonchev–Trinajstić information content (AvgIpc) is 2.72. The van der Waals surface area contributed by atoms with Crippen LogP contribution in [0.1, 0.15) is 6.92 Å². The van der Waals surface area contributed by atoms with Gasteiger partial charge >= 0.3 is 5.97 Å². The van der Waals surface area contributed by atoms with Crippen molar-refractivity contribution in [1.82, 2.24) is 4.98 Å². The Bertz CT molecular complexity index is 502. The van der Waals surface area contributed by atoms with Gasteiger partial charge in [0.15, 0.2) is 5.58 Å². The fraction of sp³-hybridized carbons (Fsp3) is 0.333. The third-order valence-electron chi connectivity index (χ3n) is 2.58.